The summed E-state index contributed by atoms with van der Waals surface area (Å²) in [7, 11) is 0. The lowest BCUT2D eigenvalue weighted by molar-refractivity contribution is 0.593. The standard InChI is InChI=1S/C15H18N2S/c1-10(11-6-3-2-4-7-11)14(16)15-17-12-8-5-9-13(12)18-15/h2-4,6-7,10,14H,5,8-9,16H2,1H3. The number of rotatable bonds is 3. The highest BCUT2D eigenvalue weighted by Gasteiger charge is 2.23. The number of hydrogen-bond acceptors (Lipinski definition) is 3. The van der Waals surface area contributed by atoms with Crippen molar-refractivity contribution in [3.05, 3.63) is 51.5 Å². The molecule has 0 spiro atoms. The van der Waals surface area contributed by atoms with Crippen molar-refractivity contribution >= 4 is 11.3 Å². The van der Waals surface area contributed by atoms with Crippen LogP contribution in [0.15, 0.2) is 30.3 Å². The first-order valence-electron chi connectivity index (χ1n) is 6.54. The molecule has 2 aromatic rings. The van der Waals surface area contributed by atoms with E-state index in [4.69, 9.17) is 10.7 Å². The Labute approximate surface area is 112 Å². The molecule has 0 radical (unpaired) electrons. The first-order valence-corrected chi connectivity index (χ1v) is 7.36. The first-order chi connectivity index (χ1) is 8.75. The van der Waals surface area contributed by atoms with Gasteiger partial charge in [-0.3, -0.25) is 0 Å². The number of aromatic nitrogens is 1. The van der Waals surface area contributed by atoms with Gasteiger partial charge in [0, 0.05) is 10.8 Å². The lowest BCUT2D eigenvalue weighted by atomic mass is 9.94. The quantitative estimate of drug-likeness (QED) is 0.916. The van der Waals surface area contributed by atoms with Crippen LogP contribution in [0.5, 0.6) is 0 Å². The van der Waals surface area contributed by atoms with E-state index in [0.29, 0.717) is 5.92 Å². The third-order valence-corrected chi connectivity index (χ3v) is 5.02. The van der Waals surface area contributed by atoms with E-state index in [2.05, 4.69) is 31.2 Å². The second-order valence-corrected chi connectivity index (χ2v) is 6.12. The molecular weight excluding hydrogens is 240 g/mol. The Morgan fingerprint density at radius 1 is 1.22 bits per heavy atom. The summed E-state index contributed by atoms with van der Waals surface area (Å²) in [4.78, 5) is 6.19. The molecule has 0 saturated heterocycles. The Morgan fingerprint density at radius 2 is 2.00 bits per heavy atom. The highest BCUT2D eigenvalue weighted by Crippen LogP contribution is 2.35. The summed E-state index contributed by atoms with van der Waals surface area (Å²) in [5, 5.41) is 1.11. The highest BCUT2D eigenvalue weighted by atomic mass is 32.1. The van der Waals surface area contributed by atoms with Crippen LogP contribution < -0.4 is 5.73 Å². The summed E-state index contributed by atoms with van der Waals surface area (Å²) in [6.07, 6.45) is 3.59. The van der Waals surface area contributed by atoms with Gasteiger partial charge in [0.1, 0.15) is 5.01 Å². The van der Waals surface area contributed by atoms with Gasteiger partial charge in [-0.1, -0.05) is 37.3 Å². The van der Waals surface area contributed by atoms with Crippen LogP contribution in [-0.4, -0.2) is 4.98 Å². The number of benzene rings is 1. The minimum absolute atomic E-state index is 0.0167. The predicted molar refractivity (Wildman–Crippen MR) is 75.9 cm³/mol. The summed E-state index contributed by atoms with van der Waals surface area (Å²) < 4.78 is 0. The van der Waals surface area contributed by atoms with E-state index in [1.807, 2.05) is 17.4 Å². The van der Waals surface area contributed by atoms with E-state index < -0.39 is 0 Å². The van der Waals surface area contributed by atoms with Gasteiger partial charge in [0.2, 0.25) is 0 Å². The molecule has 0 saturated carbocycles. The van der Waals surface area contributed by atoms with Crippen molar-refractivity contribution in [1.82, 2.24) is 4.98 Å². The molecule has 2 unspecified atom stereocenters. The topological polar surface area (TPSA) is 38.9 Å². The van der Waals surface area contributed by atoms with Gasteiger partial charge in [0.05, 0.1) is 11.7 Å². The molecule has 0 fully saturated rings. The number of fused-ring (bicyclic) bond motifs is 1. The molecule has 1 heterocycles. The zero-order valence-electron chi connectivity index (χ0n) is 10.6. The summed E-state index contributed by atoms with van der Waals surface area (Å²) in [6.45, 7) is 2.19. The fourth-order valence-electron chi connectivity index (χ4n) is 2.53. The lowest BCUT2D eigenvalue weighted by Crippen LogP contribution is -2.17. The van der Waals surface area contributed by atoms with Crippen LogP contribution in [0.4, 0.5) is 0 Å². The SMILES string of the molecule is CC(c1ccccc1)C(N)c1nc2c(s1)CCC2. The Bertz CT molecular complexity index is 511. The monoisotopic (exact) mass is 258 g/mol. The maximum atomic E-state index is 6.38. The Morgan fingerprint density at radius 3 is 2.72 bits per heavy atom. The number of hydrogen-bond donors (Lipinski definition) is 1. The zero-order chi connectivity index (χ0) is 12.5. The van der Waals surface area contributed by atoms with E-state index in [9.17, 15) is 0 Å². The summed E-state index contributed by atoms with van der Waals surface area (Å²) >= 11 is 1.82. The van der Waals surface area contributed by atoms with Crippen molar-refractivity contribution in [2.45, 2.75) is 38.1 Å². The van der Waals surface area contributed by atoms with Gasteiger partial charge in [-0.05, 0) is 24.8 Å². The van der Waals surface area contributed by atoms with Crippen LogP contribution >= 0.6 is 11.3 Å². The molecule has 2 nitrogen and oxygen atoms in total. The Balaban J connectivity index is 1.83. The summed E-state index contributed by atoms with van der Waals surface area (Å²) in [5.41, 5.74) is 8.97. The van der Waals surface area contributed by atoms with E-state index in [0.717, 1.165) is 11.4 Å². The van der Waals surface area contributed by atoms with Crippen LogP contribution in [0.3, 0.4) is 0 Å². The fraction of sp³-hybridized carbons (Fsp3) is 0.400. The molecular formula is C15H18N2S. The molecule has 3 rings (SSSR count). The Kier molecular flexibility index (Phi) is 3.18. The number of nitrogens with two attached hydrogens (primary N) is 1. The lowest BCUT2D eigenvalue weighted by Gasteiger charge is -2.18. The highest BCUT2D eigenvalue weighted by molar-refractivity contribution is 7.11. The third kappa shape index (κ3) is 2.08. The van der Waals surface area contributed by atoms with Crippen molar-refractivity contribution < 1.29 is 0 Å². The molecule has 18 heavy (non-hydrogen) atoms. The third-order valence-electron chi connectivity index (χ3n) is 3.76. The van der Waals surface area contributed by atoms with Gasteiger partial charge in [-0.25, -0.2) is 4.98 Å². The van der Waals surface area contributed by atoms with Crippen molar-refractivity contribution in [2.75, 3.05) is 0 Å². The fourth-order valence-corrected chi connectivity index (χ4v) is 3.79. The average Bonchev–Trinajstić information content (AvgIpc) is 2.99. The first kappa shape index (κ1) is 11.9. The van der Waals surface area contributed by atoms with Crippen LogP contribution in [-0.2, 0) is 12.8 Å². The van der Waals surface area contributed by atoms with Crippen LogP contribution in [0.1, 0.15) is 46.4 Å². The van der Waals surface area contributed by atoms with E-state index >= 15 is 0 Å². The molecule has 1 aromatic heterocycles. The molecule has 2 atom stereocenters. The average molecular weight is 258 g/mol. The summed E-state index contributed by atoms with van der Waals surface area (Å²) in [6, 6.07) is 10.5. The van der Waals surface area contributed by atoms with E-state index in [1.54, 1.807) is 0 Å². The van der Waals surface area contributed by atoms with Crippen LogP contribution in [0.25, 0.3) is 0 Å². The Hall–Kier alpha value is -1.19. The van der Waals surface area contributed by atoms with Gasteiger partial charge < -0.3 is 5.73 Å². The summed E-state index contributed by atoms with van der Waals surface area (Å²) in [5.74, 6) is 0.317. The van der Waals surface area contributed by atoms with E-state index in [-0.39, 0.29) is 6.04 Å². The van der Waals surface area contributed by atoms with Gasteiger partial charge in [-0.15, -0.1) is 11.3 Å². The second-order valence-electron chi connectivity index (χ2n) is 5.00. The number of nitrogens with zero attached hydrogens (tertiary/aromatic N) is 1. The number of aryl methyl sites for hydroxylation is 2. The molecule has 1 aliphatic rings. The zero-order valence-corrected chi connectivity index (χ0v) is 11.4. The second kappa shape index (κ2) is 4.82. The van der Waals surface area contributed by atoms with Gasteiger partial charge >= 0.3 is 0 Å². The largest absolute Gasteiger partial charge is 0.321 e. The van der Waals surface area contributed by atoms with Crippen LogP contribution in [0, 0.1) is 0 Å². The maximum absolute atomic E-state index is 6.38. The van der Waals surface area contributed by atoms with Gasteiger partial charge in [0.15, 0.2) is 0 Å². The molecule has 2 N–H and O–H groups in total. The predicted octanol–water partition coefficient (Wildman–Crippen LogP) is 3.44. The van der Waals surface area contributed by atoms with Gasteiger partial charge in [0.25, 0.3) is 0 Å². The molecule has 0 bridgehead atoms. The molecule has 1 aliphatic carbocycles. The van der Waals surface area contributed by atoms with Crippen molar-refractivity contribution in [3.63, 3.8) is 0 Å². The molecule has 0 amide bonds. The van der Waals surface area contributed by atoms with E-state index in [1.165, 1.54) is 29.0 Å². The normalized spacial score (nSPS) is 17.4. The molecule has 3 heteroatoms. The van der Waals surface area contributed by atoms with Gasteiger partial charge in [-0.2, -0.15) is 0 Å². The number of thiazole rings is 1. The molecule has 1 aromatic carbocycles. The molecule has 0 aliphatic heterocycles. The minimum Gasteiger partial charge on any atom is -0.321 e. The maximum Gasteiger partial charge on any atom is 0.110 e. The van der Waals surface area contributed by atoms with Crippen molar-refractivity contribution in [3.8, 4) is 0 Å². The van der Waals surface area contributed by atoms with Crippen molar-refractivity contribution in [2.24, 2.45) is 5.73 Å². The smallest absolute Gasteiger partial charge is 0.110 e. The van der Waals surface area contributed by atoms with Crippen molar-refractivity contribution in [1.29, 1.82) is 0 Å². The van der Waals surface area contributed by atoms with Crippen LogP contribution in [0.2, 0.25) is 0 Å². The minimum atomic E-state index is 0.0167. The molecule has 94 valence electrons.